The number of benzene rings is 3. The van der Waals surface area contributed by atoms with E-state index in [-0.39, 0.29) is 58.4 Å². The Hall–Kier alpha value is -2.95. The topological polar surface area (TPSA) is 103 Å². The van der Waals surface area contributed by atoms with E-state index in [1.807, 2.05) is 18.2 Å². The minimum atomic E-state index is -3.96. The number of rotatable bonds is 6. The maximum atomic E-state index is 12.8. The smallest absolute Gasteiger partial charge is 0.336 e. The molecule has 208 valence electrons. The Bertz CT molecular complexity index is 1550. The maximum absolute atomic E-state index is 12.8. The fourth-order valence-electron chi connectivity index (χ4n) is 4.32. The Balaban J connectivity index is 0.00000178. The molecule has 1 saturated heterocycles. The van der Waals surface area contributed by atoms with Gasteiger partial charge in [0.25, 0.3) is 10.0 Å². The molecule has 39 heavy (non-hydrogen) atoms. The quantitative estimate of drug-likeness (QED) is 0.270. The van der Waals surface area contributed by atoms with Crippen molar-refractivity contribution in [2.75, 3.05) is 40.7 Å². The molecule has 0 bridgehead atoms. The molecular weight excluding hydrogens is 606 g/mol. The summed E-state index contributed by atoms with van der Waals surface area (Å²) >= 11 is 6.06. The molecule has 0 radical (unpaired) electrons. The second kappa shape index (κ2) is 13.4. The van der Waals surface area contributed by atoms with Crippen LogP contribution in [0.2, 0.25) is 5.02 Å². The number of nitrogens with one attached hydrogen (secondary N) is 1. The average Bonchev–Trinajstić information content (AvgIpc) is 2.88. The van der Waals surface area contributed by atoms with Crippen LogP contribution < -0.4 is 14.5 Å². The van der Waals surface area contributed by atoms with Gasteiger partial charge in [0.1, 0.15) is 10.7 Å². The molecule has 0 aliphatic carbocycles. The summed E-state index contributed by atoms with van der Waals surface area (Å²) in [7, 11) is -3.96. The Kier molecular flexibility index (Phi) is 11.1. The van der Waals surface area contributed by atoms with Crippen LogP contribution in [0.4, 0.5) is 17.2 Å². The van der Waals surface area contributed by atoms with Crippen molar-refractivity contribution in [1.29, 1.82) is 0 Å². The van der Waals surface area contributed by atoms with E-state index in [0.29, 0.717) is 29.8 Å². The van der Waals surface area contributed by atoms with Gasteiger partial charge in [0.2, 0.25) is 0 Å². The van der Waals surface area contributed by atoms with Crippen LogP contribution in [-0.4, -0.2) is 50.7 Å². The van der Waals surface area contributed by atoms with E-state index in [1.165, 1.54) is 18.2 Å². The number of hydrogen-bond acceptors (Lipinski definition) is 6. The van der Waals surface area contributed by atoms with Crippen LogP contribution in [0.1, 0.15) is 10.4 Å². The van der Waals surface area contributed by atoms with Gasteiger partial charge >= 0.3 is 5.97 Å². The number of carboxylic acid groups (broad SMARTS) is 1. The highest BCUT2D eigenvalue weighted by atomic mass is 35.5. The summed E-state index contributed by atoms with van der Waals surface area (Å²) in [6.45, 7) is 2.97. The van der Waals surface area contributed by atoms with Gasteiger partial charge < -0.3 is 14.9 Å². The minimum absolute atomic E-state index is 0. The van der Waals surface area contributed by atoms with Gasteiger partial charge in [-0.05, 0) is 48.5 Å². The summed E-state index contributed by atoms with van der Waals surface area (Å²) < 4.78 is 28.1. The van der Waals surface area contributed by atoms with Crippen molar-refractivity contribution in [3.8, 4) is 0 Å². The molecule has 0 saturated carbocycles. The van der Waals surface area contributed by atoms with E-state index < -0.39 is 16.0 Å². The van der Waals surface area contributed by atoms with Gasteiger partial charge in [0.15, 0.2) is 0 Å². The molecule has 2 heterocycles. The number of sulfonamides is 1. The highest BCUT2D eigenvalue weighted by Crippen LogP contribution is 2.29. The van der Waals surface area contributed by atoms with Crippen molar-refractivity contribution in [2.45, 2.75) is 4.90 Å². The first-order chi connectivity index (χ1) is 17.3. The number of aromatic carboxylic acids is 1. The zero-order valence-corrected chi connectivity index (χ0v) is 24.4. The number of nitrogens with zero attached hydrogens (tertiary/aromatic N) is 3. The molecule has 1 aromatic heterocycles. The summed E-state index contributed by atoms with van der Waals surface area (Å²) in [5.41, 5.74) is 1.90. The standard InChI is InChI=1S/C26H23ClN4O4S.3ClH/c27-22-8-4-5-9-24(22)36(34,35)29-18-10-11-23-20(16-18)21(26(32)33)17-25(28-23)31-14-12-30(13-15-31)19-6-2-1-3-7-19;;;/h1-11,16-17,29H,12-15H2,(H,32,33);3*1H. The van der Waals surface area contributed by atoms with Crippen LogP contribution in [0.3, 0.4) is 0 Å². The summed E-state index contributed by atoms with van der Waals surface area (Å²) in [5, 5.41) is 10.4. The molecule has 0 unspecified atom stereocenters. The third-order valence-corrected chi connectivity index (χ3v) is 8.01. The number of carboxylic acids is 1. The van der Waals surface area contributed by atoms with Crippen molar-refractivity contribution in [2.24, 2.45) is 0 Å². The van der Waals surface area contributed by atoms with Crippen molar-refractivity contribution in [3.63, 3.8) is 0 Å². The first kappa shape index (κ1) is 32.3. The van der Waals surface area contributed by atoms with Crippen LogP contribution in [0, 0.1) is 0 Å². The lowest BCUT2D eigenvalue weighted by molar-refractivity contribution is 0.0699. The van der Waals surface area contributed by atoms with Crippen molar-refractivity contribution in [1.82, 2.24) is 4.98 Å². The zero-order valence-electron chi connectivity index (χ0n) is 20.4. The summed E-state index contributed by atoms with van der Waals surface area (Å²) in [6, 6.07) is 22.5. The highest BCUT2D eigenvalue weighted by molar-refractivity contribution is 7.92. The number of hydrogen-bond donors (Lipinski definition) is 2. The molecule has 0 spiro atoms. The van der Waals surface area contributed by atoms with Gasteiger partial charge in [-0.3, -0.25) is 4.72 Å². The maximum Gasteiger partial charge on any atom is 0.336 e. The number of para-hydroxylation sites is 1. The fraction of sp³-hybridized carbons (Fsp3) is 0.154. The zero-order chi connectivity index (χ0) is 25.3. The average molecular weight is 632 g/mol. The van der Waals surface area contributed by atoms with Gasteiger partial charge in [0, 0.05) is 42.9 Å². The molecule has 2 N–H and O–H groups in total. The van der Waals surface area contributed by atoms with Gasteiger partial charge in [-0.25, -0.2) is 18.2 Å². The predicted molar refractivity (Wildman–Crippen MR) is 164 cm³/mol. The molecule has 1 aliphatic heterocycles. The van der Waals surface area contributed by atoms with Crippen molar-refractivity contribution in [3.05, 3.63) is 89.4 Å². The molecule has 1 aliphatic rings. The number of carbonyl (C=O) groups is 1. The van der Waals surface area contributed by atoms with Crippen LogP contribution in [0.15, 0.2) is 83.8 Å². The second-order valence-electron chi connectivity index (χ2n) is 8.41. The molecule has 13 heteroatoms. The molecular formula is C26H26Cl4N4O4S. The van der Waals surface area contributed by atoms with E-state index in [2.05, 4.69) is 26.7 Å². The molecule has 5 rings (SSSR count). The highest BCUT2D eigenvalue weighted by Gasteiger charge is 2.22. The first-order valence-corrected chi connectivity index (χ1v) is 13.2. The van der Waals surface area contributed by atoms with Gasteiger partial charge in [-0.1, -0.05) is 41.9 Å². The lowest BCUT2D eigenvalue weighted by Gasteiger charge is -2.37. The fourth-order valence-corrected chi connectivity index (χ4v) is 5.89. The van der Waals surface area contributed by atoms with Crippen molar-refractivity contribution >= 4 is 92.9 Å². The normalized spacial score (nSPS) is 13.1. The van der Waals surface area contributed by atoms with Crippen LogP contribution >= 0.6 is 48.8 Å². The monoisotopic (exact) mass is 630 g/mol. The third-order valence-electron chi connectivity index (χ3n) is 6.13. The van der Waals surface area contributed by atoms with E-state index in [1.54, 1.807) is 30.3 Å². The molecule has 4 aromatic rings. The van der Waals surface area contributed by atoms with Gasteiger partial charge in [-0.2, -0.15) is 0 Å². The van der Waals surface area contributed by atoms with Gasteiger partial charge in [0.05, 0.1) is 16.1 Å². The number of anilines is 3. The molecule has 1 fully saturated rings. The summed E-state index contributed by atoms with van der Waals surface area (Å²) in [6.07, 6.45) is 0. The first-order valence-electron chi connectivity index (χ1n) is 11.3. The van der Waals surface area contributed by atoms with Gasteiger partial charge in [-0.15, -0.1) is 37.2 Å². The Labute approximate surface area is 250 Å². The Morgan fingerprint density at radius 1 is 0.846 bits per heavy atom. The second-order valence-corrected chi connectivity index (χ2v) is 10.5. The molecule has 0 amide bonds. The lowest BCUT2D eigenvalue weighted by atomic mass is 10.1. The molecule has 3 aromatic carbocycles. The minimum Gasteiger partial charge on any atom is -0.478 e. The van der Waals surface area contributed by atoms with Crippen LogP contribution in [0.25, 0.3) is 10.9 Å². The molecule has 8 nitrogen and oxygen atoms in total. The SMILES string of the molecule is Cl.Cl.Cl.O=C(O)c1cc(N2CCN(c3ccccc3)CC2)nc2ccc(NS(=O)(=O)c3ccccc3Cl)cc12. The van der Waals surface area contributed by atoms with Crippen LogP contribution in [0.5, 0.6) is 0 Å². The Morgan fingerprint density at radius 3 is 2.10 bits per heavy atom. The van der Waals surface area contributed by atoms with Crippen LogP contribution in [-0.2, 0) is 10.0 Å². The third kappa shape index (κ3) is 6.98. The largest absolute Gasteiger partial charge is 0.478 e. The molecule has 0 atom stereocenters. The van der Waals surface area contributed by atoms with E-state index in [9.17, 15) is 18.3 Å². The van der Waals surface area contributed by atoms with Crippen molar-refractivity contribution < 1.29 is 18.3 Å². The Morgan fingerprint density at radius 2 is 1.46 bits per heavy atom. The predicted octanol–water partition coefficient (Wildman–Crippen LogP) is 5.98. The number of aromatic nitrogens is 1. The number of piperazine rings is 1. The summed E-state index contributed by atoms with van der Waals surface area (Å²) in [4.78, 5) is 21.1. The van der Waals surface area contributed by atoms with E-state index in [0.717, 1.165) is 18.8 Å². The van der Waals surface area contributed by atoms with E-state index in [4.69, 9.17) is 16.6 Å². The lowest BCUT2D eigenvalue weighted by Crippen LogP contribution is -2.46. The number of pyridine rings is 1. The van der Waals surface area contributed by atoms with E-state index >= 15 is 0 Å². The summed E-state index contributed by atoms with van der Waals surface area (Å²) in [5.74, 6) is -0.533. The number of fused-ring (bicyclic) bond motifs is 1. The number of halogens is 4.